The summed E-state index contributed by atoms with van der Waals surface area (Å²) in [6, 6.07) is 11.0. The molecule has 2 aromatic carbocycles. The first kappa shape index (κ1) is 20.1. The van der Waals surface area contributed by atoms with Crippen LogP contribution in [0, 0.1) is 26.7 Å². The lowest BCUT2D eigenvalue weighted by Crippen LogP contribution is -2.44. The van der Waals surface area contributed by atoms with E-state index >= 15 is 0 Å². The van der Waals surface area contributed by atoms with Crippen molar-refractivity contribution in [1.82, 2.24) is 9.62 Å². The molecule has 154 valence electrons. The minimum absolute atomic E-state index is 0.134. The summed E-state index contributed by atoms with van der Waals surface area (Å²) in [4.78, 5) is 12.5. The first-order valence-corrected chi connectivity index (χ1v) is 11.3. The van der Waals surface area contributed by atoms with Crippen LogP contribution >= 0.6 is 0 Å². The second-order valence-electron chi connectivity index (χ2n) is 8.06. The third kappa shape index (κ3) is 3.82. The molecule has 0 aliphatic carbocycles. The smallest absolute Gasteiger partial charge is 0.243 e. The lowest BCUT2D eigenvalue weighted by Gasteiger charge is -2.27. The number of hydrogen-bond acceptors (Lipinski definition) is 4. The highest BCUT2D eigenvalue weighted by Crippen LogP contribution is 2.31. The lowest BCUT2D eigenvalue weighted by atomic mass is 9.94. The van der Waals surface area contributed by atoms with Gasteiger partial charge in [-0.2, -0.15) is 4.31 Å². The van der Waals surface area contributed by atoms with Crippen LogP contribution in [0.2, 0.25) is 0 Å². The van der Waals surface area contributed by atoms with Crippen LogP contribution in [0.5, 0.6) is 0 Å². The molecule has 6 nitrogen and oxygen atoms in total. The number of aryl methyl sites for hydroxylation is 3. The van der Waals surface area contributed by atoms with Gasteiger partial charge >= 0.3 is 0 Å². The summed E-state index contributed by atoms with van der Waals surface area (Å²) in [6.07, 6.45) is 0. The molecule has 1 amide bonds. The highest BCUT2D eigenvalue weighted by molar-refractivity contribution is 7.89. The molecule has 1 N–H and O–H groups in total. The van der Waals surface area contributed by atoms with E-state index in [1.807, 2.05) is 19.9 Å². The van der Waals surface area contributed by atoms with E-state index in [0.29, 0.717) is 6.61 Å². The molecule has 0 unspecified atom stereocenters. The highest BCUT2D eigenvalue weighted by atomic mass is 32.2. The van der Waals surface area contributed by atoms with Gasteiger partial charge in [-0.3, -0.25) is 4.79 Å². The van der Waals surface area contributed by atoms with Gasteiger partial charge in [0.1, 0.15) is 0 Å². The first-order valence-electron chi connectivity index (χ1n) is 9.82. The maximum absolute atomic E-state index is 13.4. The molecule has 2 aromatic rings. The van der Waals surface area contributed by atoms with Gasteiger partial charge in [0.25, 0.3) is 0 Å². The molecule has 29 heavy (non-hydrogen) atoms. The average molecular weight is 415 g/mol. The molecule has 2 aliphatic rings. The number of sulfonamides is 1. The average Bonchev–Trinajstić information content (AvgIpc) is 2.90. The van der Waals surface area contributed by atoms with Crippen molar-refractivity contribution in [3.05, 3.63) is 53.1 Å². The van der Waals surface area contributed by atoms with Crippen LogP contribution in [0.1, 0.15) is 16.7 Å². The van der Waals surface area contributed by atoms with E-state index in [4.69, 9.17) is 4.74 Å². The molecule has 7 heteroatoms. The second kappa shape index (κ2) is 7.55. The quantitative estimate of drug-likeness (QED) is 0.837. The fraction of sp³-hybridized carbons (Fsp3) is 0.409. The Morgan fingerprint density at radius 2 is 1.76 bits per heavy atom. The fourth-order valence-corrected chi connectivity index (χ4v) is 5.96. The third-order valence-electron chi connectivity index (χ3n) is 5.64. The van der Waals surface area contributed by atoms with Crippen molar-refractivity contribution in [2.45, 2.75) is 31.7 Å². The van der Waals surface area contributed by atoms with Crippen LogP contribution in [-0.4, -0.2) is 51.0 Å². The minimum Gasteiger partial charge on any atom is -0.378 e. The number of ether oxygens (including phenoxy) is 1. The fourth-order valence-electron chi connectivity index (χ4n) is 4.38. The van der Waals surface area contributed by atoms with Crippen LogP contribution < -0.4 is 5.32 Å². The van der Waals surface area contributed by atoms with E-state index < -0.39 is 15.9 Å². The maximum Gasteiger partial charge on any atom is 0.243 e. The van der Waals surface area contributed by atoms with Gasteiger partial charge in [-0.25, -0.2) is 8.42 Å². The van der Waals surface area contributed by atoms with Crippen molar-refractivity contribution < 1.29 is 17.9 Å². The predicted octanol–water partition coefficient (Wildman–Crippen LogP) is 2.41. The van der Waals surface area contributed by atoms with Gasteiger partial charge in [-0.05, 0) is 55.2 Å². The Morgan fingerprint density at radius 3 is 2.48 bits per heavy atom. The van der Waals surface area contributed by atoms with Crippen molar-refractivity contribution in [2.75, 3.05) is 26.3 Å². The molecule has 2 atom stereocenters. The van der Waals surface area contributed by atoms with Crippen LogP contribution in [0.4, 0.5) is 0 Å². The Morgan fingerprint density at radius 1 is 1.03 bits per heavy atom. The minimum atomic E-state index is -3.73. The van der Waals surface area contributed by atoms with E-state index in [1.54, 1.807) is 18.2 Å². The number of amides is 1. The summed E-state index contributed by atoms with van der Waals surface area (Å²) in [5.41, 5.74) is 5.36. The molecule has 0 saturated carbocycles. The summed E-state index contributed by atoms with van der Waals surface area (Å²) in [5.74, 6) is -0.619. The van der Waals surface area contributed by atoms with Crippen molar-refractivity contribution in [3.63, 3.8) is 0 Å². The zero-order valence-electron chi connectivity index (χ0n) is 16.9. The standard InChI is InChI=1S/C22H26N2O4S/c1-14-7-15(2)21(16(3)8-14)17-5-4-6-20(9-17)29(26,27)24-10-18-12-28-13-19(11-24)23-22(18)25/h4-9,18-19H,10-13H2,1-3H3,(H,23,25)/t18-,19+/m1/s1. The van der Waals surface area contributed by atoms with Gasteiger partial charge < -0.3 is 10.1 Å². The number of fused-ring (bicyclic) bond motifs is 3. The van der Waals surface area contributed by atoms with E-state index in [0.717, 1.165) is 22.3 Å². The molecule has 0 spiro atoms. The Bertz CT molecular complexity index is 1040. The Hall–Kier alpha value is -2.22. The van der Waals surface area contributed by atoms with Gasteiger partial charge in [0, 0.05) is 13.1 Å². The number of carbonyl (C=O) groups excluding carboxylic acids is 1. The van der Waals surface area contributed by atoms with Gasteiger partial charge in [-0.1, -0.05) is 29.8 Å². The second-order valence-corrected chi connectivity index (χ2v) is 10.0. The van der Waals surface area contributed by atoms with Crippen LogP contribution in [-0.2, 0) is 19.6 Å². The van der Waals surface area contributed by atoms with Crippen LogP contribution in [0.25, 0.3) is 11.1 Å². The Labute approximate surface area is 171 Å². The SMILES string of the molecule is Cc1cc(C)c(-c2cccc(S(=O)(=O)N3C[C@H]4COC[C@@H](C3)C(=O)N4)c2)c(C)c1. The number of rotatable bonds is 3. The maximum atomic E-state index is 13.4. The van der Waals surface area contributed by atoms with Gasteiger partial charge in [0.15, 0.2) is 0 Å². The summed E-state index contributed by atoms with van der Waals surface area (Å²) in [7, 11) is -3.73. The van der Waals surface area contributed by atoms with E-state index in [9.17, 15) is 13.2 Å². The molecule has 2 fully saturated rings. The first-order chi connectivity index (χ1) is 13.8. The zero-order chi connectivity index (χ0) is 20.8. The van der Waals surface area contributed by atoms with Crippen molar-refractivity contribution in [1.29, 1.82) is 0 Å². The predicted molar refractivity (Wildman–Crippen MR) is 111 cm³/mol. The molecule has 0 radical (unpaired) electrons. The molecule has 2 bridgehead atoms. The van der Waals surface area contributed by atoms with Crippen molar-refractivity contribution in [2.24, 2.45) is 5.92 Å². The molecular weight excluding hydrogens is 388 g/mol. The highest BCUT2D eigenvalue weighted by Gasteiger charge is 2.38. The van der Waals surface area contributed by atoms with Crippen molar-refractivity contribution >= 4 is 15.9 Å². The normalized spacial score (nSPS) is 22.8. The number of nitrogens with one attached hydrogen (secondary N) is 1. The summed E-state index contributed by atoms with van der Waals surface area (Å²) < 4.78 is 33.8. The monoisotopic (exact) mass is 414 g/mol. The van der Waals surface area contributed by atoms with E-state index in [-0.39, 0.29) is 36.5 Å². The molecule has 4 rings (SSSR count). The molecule has 2 aliphatic heterocycles. The molecule has 2 heterocycles. The third-order valence-corrected chi connectivity index (χ3v) is 7.47. The zero-order valence-corrected chi connectivity index (χ0v) is 17.8. The van der Waals surface area contributed by atoms with Crippen LogP contribution in [0.3, 0.4) is 0 Å². The lowest BCUT2D eigenvalue weighted by molar-refractivity contribution is -0.125. The van der Waals surface area contributed by atoms with E-state index in [1.165, 1.54) is 9.87 Å². The number of hydrogen-bond donors (Lipinski definition) is 1. The summed E-state index contributed by atoms with van der Waals surface area (Å²) >= 11 is 0. The topological polar surface area (TPSA) is 75.7 Å². The van der Waals surface area contributed by atoms with E-state index in [2.05, 4.69) is 24.4 Å². The molecule has 0 aromatic heterocycles. The number of nitrogens with zero attached hydrogens (tertiary/aromatic N) is 1. The largest absolute Gasteiger partial charge is 0.378 e. The molecular formula is C22H26N2O4S. The Balaban J connectivity index is 1.72. The summed E-state index contributed by atoms with van der Waals surface area (Å²) in [6.45, 7) is 7.08. The van der Waals surface area contributed by atoms with Gasteiger partial charge in [0.05, 0.1) is 30.1 Å². The van der Waals surface area contributed by atoms with Gasteiger partial charge in [-0.15, -0.1) is 0 Å². The Kier molecular flexibility index (Phi) is 5.23. The number of benzene rings is 2. The van der Waals surface area contributed by atoms with Crippen LogP contribution in [0.15, 0.2) is 41.3 Å². The molecule has 2 saturated heterocycles. The van der Waals surface area contributed by atoms with Crippen molar-refractivity contribution in [3.8, 4) is 11.1 Å². The van der Waals surface area contributed by atoms with Gasteiger partial charge in [0.2, 0.25) is 15.9 Å². The summed E-state index contributed by atoms with van der Waals surface area (Å²) in [5, 5.41) is 2.88. The number of carbonyl (C=O) groups is 1.